The summed E-state index contributed by atoms with van der Waals surface area (Å²) in [7, 11) is 0. The lowest BCUT2D eigenvalue weighted by Crippen LogP contribution is -2.57. The first-order chi connectivity index (χ1) is 15.1. The third kappa shape index (κ3) is 2.17. The van der Waals surface area contributed by atoms with Gasteiger partial charge in [0.2, 0.25) is 5.91 Å². The molecular formula is C26H29N3O2. The zero-order valence-electron chi connectivity index (χ0n) is 18.0. The Morgan fingerprint density at radius 2 is 1.71 bits per heavy atom. The summed E-state index contributed by atoms with van der Waals surface area (Å²) in [5.74, 6) is 0.0769. The van der Waals surface area contributed by atoms with Crippen LogP contribution in [-0.2, 0) is 20.5 Å². The third-order valence-corrected chi connectivity index (χ3v) is 8.31. The number of hydrogen-bond donors (Lipinski definition) is 1. The lowest BCUT2D eigenvalue weighted by atomic mass is 9.64. The first-order valence-corrected chi connectivity index (χ1v) is 11.6. The minimum absolute atomic E-state index is 0.0253. The summed E-state index contributed by atoms with van der Waals surface area (Å²) in [5.41, 5.74) is 1.74. The van der Waals surface area contributed by atoms with Crippen molar-refractivity contribution in [3.05, 3.63) is 65.7 Å². The maximum atomic E-state index is 14.6. The summed E-state index contributed by atoms with van der Waals surface area (Å²) < 4.78 is 0. The van der Waals surface area contributed by atoms with Crippen LogP contribution in [0, 0.1) is 0 Å². The van der Waals surface area contributed by atoms with Crippen LogP contribution in [0.5, 0.6) is 0 Å². The fourth-order valence-electron chi connectivity index (χ4n) is 7.22. The van der Waals surface area contributed by atoms with Gasteiger partial charge in [0.05, 0.1) is 5.41 Å². The van der Waals surface area contributed by atoms with Crippen molar-refractivity contribution < 1.29 is 9.59 Å². The average molecular weight is 416 g/mol. The Kier molecular flexibility index (Phi) is 4.02. The molecule has 0 bridgehead atoms. The van der Waals surface area contributed by atoms with Gasteiger partial charge in [0.25, 0.3) is 5.91 Å². The van der Waals surface area contributed by atoms with E-state index >= 15 is 0 Å². The van der Waals surface area contributed by atoms with Gasteiger partial charge in [-0.2, -0.15) is 0 Å². The molecule has 4 aliphatic rings. The predicted molar refractivity (Wildman–Crippen MR) is 119 cm³/mol. The number of carbonyl (C=O) groups is 2. The zero-order valence-corrected chi connectivity index (χ0v) is 18.0. The molecule has 0 aromatic heterocycles. The Labute approximate surface area is 183 Å². The number of carbonyl (C=O) groups excluding carboxylic acids is 2. The van der Waals surface area contributed by atoms with Crippen LogP contribution in [0.3, 0.4) is 0 Å². The molecule has 31 heavy (non-hydrogen) atoms. The molecule has 3 atom stereocenters. The molecule has 3 heterocycles. The maximum Gasteiger partial charge on any atom is 0.256 e. The van der Waals surface area contributed by atoms with E-state index in [1.807, 2.05) is 35.2 Å². The van der Waals surface area contributed by atoms with Crippen LogP contribution in [0.4, 0.5) is 5.69 Å². The Morgan fingerprint density at radius 3 is 2.45 bits per heavy atom. The van der Waals surface area contributed by atoms with Gasteiger partial charge in [-0.1, -0.05) is 67.8 Å². The van der Waals surface area contributed by atoms with Gasteiger partial charge in [0.15, 0.2) is 5.54 Å². The number of fused-ring (bicyclic) bond motifs is 1. The first kappa shape index (κ1) is 18.9. The van der Waals surface area contributed by atoms with E-state index in [0.717, 1.165) is 43.4 Å². The molecule has 2 amide bonds. The monoisotopic (exact) mass is 415 g/mol. The highest BCUT2D eigenvalue weighted by Crippen LogP contribution is 2.66. The number of likely N-dealkylation sites (tertiary alicyclic amines) is 2. The molecule has 3 unspecified atom stereocenters. The van der Waals surface area contributed by atoms with Crippen LogP contribution < -0.4 is 5.32 Å². The summed E-state index contributed by atoms with van der Waals surface area (Å²) in [6, 6.07) is 18.7. The molecule has 1 saturated carbocycles. The van der Waals surface area contributed by atoms with E-state index in [4.69, 9.17) is 0 Å². The molecule has 5 heteroatoms. The fraction of sp³-hybridized carbons (Fsp3) is 0.462. The minimum atomic E-state index is -0.998. The summed E-state index contributed by atoms with van der Waals surface area (Å²) >= 11 is 0. The van der Waals surface area contributed by atoms with Crippen molar-refractivity contribution in [2.24, 2.45) is 0 Å². The van der Waals surface area contributed by atoms with Crippen molar-refractivity contribution >= 4 is 17.5 Å². The smallest absolute Gasteiger partial charge is 0.256 e. The summed E-state index contributed by atoms with van der Waals surface area (Å²) in [6.07, 6.45) is 6.32. The van der Waals surface area contributed by atoms with Crippen LogP contribution in [0.1, 0.15) is 56.6 Å². The topological polar surface area (TPSA) is 52.7 Å². The summed E-state index contributed by atoms with van der Waals surface area (Å²) in [6.45, 7) is 2.21. The predicted octanol–water partition coefficient (Wildman–Crippen LogP) is 4.00. The molecule has 5 nitrogen and oxygen atoms in total. The van der Waals surface area contributed by atoms with E-state index in [1.165, 1.54) is 12.0 Å². The molecule has 0 radical (unpaired) electrons. The number of nitrogens with one attached hydrogen (secondary N) is 1. The number of rotatable bonds is 2. The SMILES string of the molecule is CC(=O)N1CCC23c4ccccc4NC2N(C2CCCCC2)C(=O)C13c1ccccc1. The van der Waals surface area contributed by atoms with Gasteiger partial charge in [-0.15, -0.1) is 0 Å². The van der Waals surface area contributed by atoms with Gasteiger partial charge in [0, 0.05) is 25.2 Å². The Balaban J connectivity index is 1.65. The molecule has 6 rings (SSSR count). The molecule has 1 N–H and O–H groups in total. The second-order valence-electron chi connectivity index (χ2n) is 9.57. The Morgan fingerprint density at radius 1 is 1.00 bits per heavy atom. The summed E-state index contributed by atoms with van der Waals surface area (Å²) in [5, 5.41) is 3.76. The molecule has 3 fully saturated rings. The van der Waals surface area contributed by atoms with Gasteiger partial charge < -0.3 is 15.1 Å². The number of para-hydroxylation sites is 1. The second-order valence-corrected chi connectivity index (χ2v) is 9.57. The number of anilines is 1. The van der Waals surface area contributed by atoms with Gasteiger partial charge in [0.1, 0.15) is 6.17 Å². The number of amides is 2. The van der Waals surface area contributed by atoms with Crippen molar-refractivity contribution in [1.29, 1.82) is 0 Å². The van der Waals surface area contributed by atoms with Gasteiger partial charge >= 0.3 is 0 Å². The molecule has 1 spiro atoms. The van der Waals surface area contributed by atoms with Crippen molar-refractivity contribution in [2.45, 2.75) is 68.6 Å². The van der Waals surface area contributed by atoms with Crippen LogP contribution in [-0.4, -0.2) is 40.4 Å². The van der Waals surface area contributed by atoms with Gasteiger partial charge in [-0.05, 0) is 36.5 Å². The normalized spacial score (nSPS) is 31.9. The molecule has 2 aromatic carbocycles. The van der Waals surface area contributed by atoms with Crippen LogP contribution in [0.25, 0.3) is 0 Å². The molecule has 2 saturated heterocycles. The van der Waals surface area contributed by atoms with Gasteiger partial charge in [-0.3, -0.25) is 9.59 Å². The maximum absolute atomic E-state index is 14.6. The molecule has 1 aliphatic carbocycles. The fourth-order valence-corrected chi connectivity index (χ4v) is 7.22. The highest BCUT2D eigenvalue weighted by atomic mass is 16.2. The van der Waals surface area contributed by atoms with E-state index in [-0.39, 0.29) is 24.0 Å². The molecular weight excluding hydrogens is 386 g/mol. The van der Waals surface area contributed by atoms with E-state index < -0.39 is 11.0 Å². The number of hydrogen-bond acceptors (Lipinski definition) is 3. The largest absolute Gasteiger partial charge is 0.364 e. The van der Waals surface area contributed by atoms with Crippen molar-refractivity contribution in [2.75, 3.05) is 11.9 Å². The van der Waals surface area contributed by atoms with Crippen LogP contribution >= 0.6 is 0 Å². The standard InChI is InChI=1S/C26H29N3O2/c1-18(30)28-17-16-25-21-14-8-9-15-22(21)27-23(25)29(20-12-6-3-7-13-20)24(31)26(25,28)19-10-4-2-5-11-19/h2,4-5,8-11,14-15,20,23,27H,3,6-7,12-13,16-17H2,1H3. The zero-order chi connectivity index (χ0) is 21.2. The lowest BCUT2D eigenvalue weighted by molar-refractivity contribution is -0.149. The first-order valence-electron chi connectivity index (χ1n) is 11.6. The van der Waals surface area contributed by atoms with E-state index in [9.17, 15) is 9.59 Å². The number of nitrogens with zero attached hydrogens (tertiary/aromatic N) is 2. The highest BCUT2D eigenvalue weighted by molar-refractivity contribution is 6.00. The van der Waals surface area contributed by atoms with Crippen molar-refractivity contribution in [1.82, 2.24) is 9.80 Å². The van der Waals surface area contributed by atoms with Crippen molar-refractivity contribution in [3.63, 3.8) is 0 Å². The third-order valence-electron chi connectivity index (χ3n) is 8.31. The molecule has 160 valence electrons. The van der Waals surface area contributed by atoms with Crippen LogP contribution in [0.15, 0.2) is 54.6 Å². The van der Waals surface area contributed by atoms with Crippen molar-refractivity contribution in [3.8, 4) is 0 Å². The quantitative estimate of drug-likeness (QED) is 0.807. The van der Waals surface area contributed by atoms with E-state index in [2.05, 4.69) is 34.5 Å². The second kappa shape index (κ2) is 6.59. The Hall–Kier alpha value is -2.82. The van der Waals surface area contributed by atoms with E-state index in [1.54, 1.807) is 6.92 Å². The van der Waals surface area contributed by atoms with Crippen LogP contribution in [0.2, 0.25) is 0 Å². The number of benzene rings is 2. The highest BCUT2D eigenvalue weighted by Gasteiger charge is 2.78. The van der Waals surface area contributed by atoms with E-state index in [0.29, 0.717) is 6.54 Å². The molecule has 2 aromatic rings. The van der Waals surface area contributed by atoms with Gasteiger partial charge in [-0.25, -0.2) is 0 Å². The minimum Gasteiger partial charge on any atom is -0.364 e. The summed E-state index contributed by atoms with van der Waals surface area (Å²) in [4.78, 5) is 31.7. The molecule has 3 aliphatic heterocycles. The lowest BCUT2D eigenvalue weighted by Gasteiger charge is -2.42. The Bertz CT molecular complexity index is 1050. The average Bonchev–Trinajstić information content (AvgIpc) is 3.39.